The molecule has 0 radical (unpaired) electrons. The number of fused-ring (bicyclic) bond motifs is 1. The number of aryl methyl sites for hydroxylation is 1. The fourth-order valence-corrected chi connectivity index (χ4v) is 5.51. The van der Waals surface area contributed by atoms with Crippen molar-refractivity contribution >= 4 is 39.1 Å². The molecule has 0 spiro atoms. The Bertz CT molecular complexity index is 1510. The van der Waals surface area contributed by atoms with Gasteiger partial charge in [-0.15, -0.1) is 11.3 Å². The van der Waals surface area contributed by atoms with E-state index in [4.69, 9.17) is 10.00 Å². The predicted molar refractivity (Wildman–Crippen MR) is 144 cm³/mol. The number of hydrogen-bond donors (Lipinski definition) is 1. The van der Waals surface area contributed by atoms with Crippen LogP contribution in [0.2, 0.25) is 0 Å². The highest BCUT2D eigenvalue weighted by atomic mass is 32.1. The van der Waals surface area contributed by atoms with Gasteiger partial charge in [-0.1, -0.05) is 18.2 Å². The first-order valence-electron chi connectivity index (χ1n) is 12.1. The molecule has 1 fully saturated rings. The van der Waals surface area contributed by atoms with Crippen LogP contribution in [0, 0.1) is 18.3 Å². The predicted octanol–water partition coefficient (Wildman–Crippen LogP) is 5.76. The Morgan fingerprint density at radius 2 is 1.84 bits per heavy atom. The maximum atomic E-state index is 13.3. The van der Waals surface area contributed by atoms with Crippen LogP contribution in [0.5, 0.6) is 5.75 Å². The van der Waals surface area contributed by atoms with Crippen LogP contribution < -0.4 is 10.1 Å². The molecule has 1 aliphatic rings. The molecule has 7 nitrogen and oxygen atoms in total. The number of carbonyl (C=O) groups excluding carboxylic acids is 2. The van der Waals surface area contributed by atoms with Crippen molar-refractivity contribution in [2.45, 2.75) is 25.7 Å². The van der Waals surface area contributed by atoms with Crippen LogP contribution in [-0.2, 0) is 0 Å². The monoisotopic (exact) mass is 510 g/mol. The van der Waals surface area contributed by atoms with Gasteiger partial charge in [-0.3, -0.25) is 9.59 Å². The number of piperidine rings is 1. The van der Waals surface area contributed by atoms with Crippen molar-refractivity contribution in [1.29, 1.82) is 5.26 Å². The maximum Gasteiger partial charge on any atom is 0.284 e. The molecule has 1 aromatic heterocycles. The number of ether oxygens (including phenoxy) is 1. The highest BCUT2D eigenvalue weighted by Gasteiger charge is 2.25. The average molecular weight is 511 g/mol. The van der Waals surface area contributed by atoms with E-state index in [2.05, 4.69) is 16.4 Å². The number of aromatic nitrogens is 1. The van der Waals surface area contributed by atoms with Crippen molar-refractivity contribution in [1.82, 2.24) is 9.88 Å². The Labute approximate surface area is 219 Å². The second-order valence-corrected chi connectivity index (χ2v) is 10.2. The number of amides is 2. The summed E-state index contributed by atoms with van der Waals surface area (Å²) < 4.78 is 6.13. The van der Waals surface area contributed by atoms with Crippen LogP contribution in [0.4, 0.5) is 5.69 Å². The molecule has 5 rings (SSSR count). The zero-order valence-corrected chi connectivity index (χ0v) is 21.5. The van der Waals surface area contributed by atoms with Gasteiger partial charge in [-0.2, -0.15) is 5.26 Å². The standard InChI is InChI=1S/C29H26N4O3S/c1-18-3-6-22(29(35)33-13-11-21(12-14-33)20-7-4-19(17-30)5-8-20)15-25(18)31-27(34)28-32-24-10-9-23(36-2)16-26(24)37-28/h3-10,15-16,21H,11-14H2,1-2H3,(H,31,34). The van der Waals surface area contributed by atoms with E-state index in [0.29, 0.717) is 46.6 Å². The van der Waals surface area contributed by atoms with Crippen molar-refractivity contribution in [2.75, 3.05) is 25.5 Å². The van der Waals surface area contributed by atoms with Gasteiger partial charge in [0.1, 0.15) is 5.75 Å². The number of benzene rings is 3. The van der Waals surface area contributed by atoms with E-state index in [9.17, 15) is 9.59 Å². The van der Waals surface area contributed by atoms with Gasteiger partial charge in [0.05, 0.1) is 29.0 Å². The summed E-state index contributed by atoms with van der Waals surface area (Å²) in [5.74, 6) is 0.737. The fourth-order valence-electron chi connectivity index (χ4n) is 4.62. The molecule has 0 atom stereocenters. The van der Waals surface area contributed by atoms with Crippen molar-refractivity contribution in [2.24, 2.45) is 0 Å². The quantitative estimate of drug-likeness (QED) is 0.368. The summed E-state index contributed by atoms with van der Waals surface area (Å²) in [6.45, 7) is 3.22. The normalized spacial score (nSPS) is 13.8. The molecule has 0 aliphatic carbocycles. The molecule has 186 valence electrons. The summed E-state index contributed by atoms with van der Waals surface area (Å²) in [5, 5.41) is 12.3. The van der Waals surface area contributed by atoms with Gasteiger partial charge in [-0.05, 0) is 79.3 Å². The third kappa shape index (κ3) is 5.18. The number of methoxy groups -OCH3 is 1. The van der Waals surface area contributed by atoms with Crippen LogP contribution in [0.3, 0.4) is 0 Å². The largest absolute Gasteiger partial charge is 0.497 e. The van der Waals surface area contributed by atoms with E-state index in [1.54, 1.807) is 13.2 Å². The topological polar surface area (TPSA) is 95.3 Å². The third-order valence-electron chi connectivity index (χ3n) is 6.82. The van der Waals surface area contributed by atoms with E-state index in [1.165, 1.54) is 16.9 Å². The van der Waals surface area contributed by atoms with Crippen molar-refractivity contribution < 1.29 is 14.3 Å². The van der Waals surface area contributed by atoms with Crippen LogP contribution in [0.1, 0.15) is 55.6 Å². The molecular weight excluding hydrogens is 484 g/mol. The molecule has 0 saturated carbocycles. The Kier molecular flexibility index (Phi) is 6.89. The molecule has 2 heterocycles. The smallest absolute Gasteiger partial charge is 0.284 e. The summed E-state index contributed by atoms with van der Waals surface area (Å²) in [6.07, 6.45) is 1.74. The van der Waals surface area contributed by atoms with Crippen molar-refractivity contribution in [3.8, 4) is 11.8 Å². The maximum absolute atomic E-state index is 13.3. The van der Waals surface area contributed by atoms with Crippen LogP contribution in [0.25, 0.3) is 10.2 Å². The van der Waals surface area contributed by atoms with Gasteiger partial charge < -0.3 is 15.0 Å². The van der Waals surface area contributed by atoms with Crippen molar-refractivity contribution in [3.63, 3.8) is 0 Å². The molecule has 8 heteroatoms. The Morgan fingerprint density at radius 3 is 2.54 bits per heavy atom. The zero-order valence-electron chi connectivity index (χ0n) is 20.7. The minimum Gasteiger partial charge on any atom is -0.497 e. The first kappa shape index (κ1) is 24.5. The third-order valence-corrected chi connectivity index (χ3v) is 7.83. The Hall–Kier alpha value is -4.22. The van der Waals surface area contributed by atoms with Crippen LogP contribution in [0.15, 0.2) is 60.7 Å². The lowest BCUT2D eigenvalue weighted by molar-refractivity contribution is 0.0712. The number of hydrogen-bond acceptors (Lipinski definition) is 6. The zero-order chi connectivity index (χ0) is 25.9. The summed E-state index contributed by atoms with van der Waals surface area (Å²) >= 11 is 1.30. The van der Waals surface area contributed by atoms with E-state index in [0.717, 1.165) is 28.6 Å². The lowest BCUT2D eigenvalue weighted by Crippen LogP contribution is -2.38. The fraction of sp³-hybridized carbons (Fsp3) is 0.241. The number of nitrogens with one attached hydrogen (secondary N) is 1. The van der Waals surface area contributed by atoms with Crippen molar-refractivity contribution in [3.05, 3.63) is 87.9 Å². The molecule has 0 unspecified atom stereocenters. The van der Waals surface area contributed by atoms with Crippen LogP contribution in [-0.4, -0.2) is 41.9 Å². The van der Waals surface area contributed by atoms with Crippen LogP contribution >= 0.6 is 11.3 Å². The van der Waals surface area contributed by atoms with Gasteiger partial charge in [0.15, 0.2) is 5.01 Å². The molecular formula is C29H26N4O3S. The van der Waals surface area contributed by atoms with E-state index in [-0.39, 0.29) is 11.8 Å². The molecule has 3 aromatic carbocycles. The van der Waals surface area contributed by atoms with Gasteiger partial charge >= 0.3 is 0 Å². The molecule has 4 aromatic rings. The number of nitriles is 1. The lowest BCUT2D eigenvalue weighted by atomic mass is 9.89. The summed E-state index contributed by atoms with van der Waals surface area (Å²) in [4.78, 5) is 32.6. The second-order valence-electron chi connectivity index (χ2n) is 9.14. The number of thiazole rings is 1. The summed E-state index contributed by atoms with van der Waals surface area (Å²) in [6, 6.07) is 20.8. The molecule has 2 amide bonds. The highest BCUT2D eigenvalue weighted by molar-refractivity contribution is 7.20. The Balaban J connectivity index is 1.26. The first-order valence-corrected chi connectivity index (χ1v) is 12.9. The number of rotatable bonds is 5. The minimum absolute atomic E-state index is 0.0409. The molecule has 1 saturated heterocycles. The SMILES string of the molecule is COc1ccc2nc(C(=O)Nc3cc(C(=O)N4CCC(c5ccc(C#N)cc5)CC4)ccc3C)sc2c1. The lowest BCUT2D eigenvalue weighted by Gasteiger charge is -2.32. The highest BCUT2D eigenvalue weighted by Crippen LogP contribution is 2.30. The molecule has 37 heavy (non-hydrogen) atoms. The van der Waals surface area contributed by atoms with E-state index in [1.807, 2.05) is 66.4 Å². The number of likely N-dealkylation sites (tertiary alicyclic amines) is 1. The van der Waals surface area contributed by atoms with Gasteiger partial charge in [0.2, 0.25) is 0 Å². The number of nitrogens with zero attached hydrogens (tertiary/aromatic N) is 3. The van der Waals surface area contributed by atoms with Gasteiger partial charge in [0, 0.05) is 24.3 Å². The van der Waals surface area contributed by atoms with E-state index >= 15 is 0 Å². The number of anilines is 1. The molecule has 1 N–H and O–H groups in total. The summed E-state index contributed by atoms with van der Waals surface area (Å²) in [7, 11) is 1.60. The average Bonchev–Trinajstić information content (AvgIpc) is 3.37. The van der Waals surface area contributed by atoms with E-state index < -0.39 is 0 Å². The summed E-state index contributed by atoms with van der Waals surface area (Å²) in [5.41, 5.74) is 4.61. The first-order chi connectivity index (χ1) is 17.9. The molecule has 1 aliphatic heterocycles. The number of carbonyl (C=O) groups is 2. The molecule has 0 bridgehead atoms. The van der Waals surface area contributed by atoms with Gasteiger partial charge in [-0.25, -0.2) is 4.98 Å². The second kappa shape index (κ2) is 10.4. The minimum atomic E-state index is -0.309. The van der Waals surface area contributed by atoms with Gasteiger partial charge in [0.25, 0.3) is 11.8 Å². The Morgan fingerprint density at radius 1 is 1.08 bits per heavy atom.